The van der Waals surface area contributed by atoms with Crippen molar-refractivity contribution in [3.8, 4) is 11.5 Å². The first-order chi connectivity index (χ1) is 20.6. The summed E-state index contributed by atoms with van der Waals surface area (Å²) < 4.78 is 12.2. The van der Waals surface area contributed by atoms with E-state index in [1.807, 2.05) is 12.1 Å². The van der Waals surface area contributed by atoms with E-state index in [0.717, 1.165) is 63.4 Å². The third kappa shape index (κ3) is 9.24. The molecular weight excluding hydrogens is 548 g/mol. The van der Waals surface area contributed by atoms with Crippen LogP contribution in [0, 0.1) is 11.8 Å². The highest BCUT2D eigenvalue weighted by atomic mass is 16.6. The summed E-state index contributed by atoms with van der Waals surface area (Å²) in [7, 11) is 0. The number of hydrogen-bond acceptors (Lipinski definition) is 7. The SMILES string of the molecule is CCCC[C@H]1CC[C@](CCc2cc(CN3C[C@@H](CCN=C(N)N)CC3=O)c(O)c(OC3CCCC3)c2)(OC(C)=O)C[C@H]1O. The second kappa shape index (κ2) is 15.1. The standard InChI is InChI=1S/C33H52N4O6/c1-3-4-7-25-11-14-33(19-28(25)39,43-22(2)38)13-10-23-16-26(31(41)29(17-23)42-27-8-5-6-9-27)21-37-20-24(18-30(37)40)12-15-36-32(34)35/h16-17,24-25,27-28,39,41H,3-15,18-21H2,1-2H3,(H4,34,35,36)/t24-,25-,28+,33-/m0/s1. The summed E-state index contributed by atoms with van der Waals surface area (Å²) >= 11 is 0. The Hall–Kier alpha value is -3.01. The largest absolute Gasteiger partial charge is 0.504 e. The van der Waals surface area contributed by atoms with Crippen molar-refractivity contribution >= 4 is 17.8 Å². The van der Waals surface area contributed by atoms with Crippen LogP contribution in [-0.2, 0) is 27.3 Å². The van der Waals surface area contributed by atoms with Gasteiger partial charge in [-0.2, -0.15) is 0 Å². The van der Waals surface area contributed by atoms with E-state index in [0.29, 0.717) is 56.5 Å². The molecule has 240 valence electrons. The van der Waals surface area contributed by atoms with Crippen LogP contribution in [0.1, 0.15) is 108 Å². The molecule has 1 heterocycles. The molecule has 1 aromatic carbocycles. The number of aryl methyl sites for hydroxylation is 1. The van der Waals surface area contributed by atoms with E-state index in [-0.39, 0.29) is 48.1 Å². The number of rotatable bonds is 14. The predicted octanol–water partition coefficient (Wildman–Crippen LogP) is 4.31. The summed E-state index contributed by atoms with van der Waals surface area (Å²) in [5, 5.41) is 22.3. The number of nitrogens with zero attached hydrogens (tertiary/aromatic N) is 2. The fourth-order valence-corrected chi connectivity index (χ4v) is 7.19. The van der Waals surface area contributed by atoms with E-state index in [2.05, 4.69) is 11.9 Å². The lowest BCUT2D eigenvalue weighted by Crippen LogP contribution is -2.45. The number of amides is 1. The summed E-state index contributed by atoms with van der Waals surface area (Å²) in [6.45, 7) is 4.93. The Balaban J connectivity index is 1.51. The molecule has 1 aliphatic heterocycles. The molecule has 4 atom stereocenters. The van der Waals surface area contributed by atoms with Crippen LogP contribution < -0.4 is 16.2 Å². The third-order valence-electron chi connectivity index (χ3n) is 9.55. The average Bonchev–Trinajstić information content (AvgIpc) is 3.58. The molecule has 6 N–H and O–H groups in total. The van der Waals surface area contributed by atoms with Crippen molar-refractivity contribution in [1.29, 1.82) is 0 Å². The van der Waals surface area contributed by atoms with Crippen LogP contribution in [0.15, 0.2) is 17.1 Å². The van der Waals surface area contributed by atoms with Gasteiger partial charge in [-0.1, -0.05) is 25.8 Å². The zero-order chi connectivity index (χ0) is 31.0. The molecule has 1 aromatic rings. The minimum Gasteiger partial charge on any atom is -0.504 e. The first-order valence-electron chi connectivity index (χ1n) is 16.3. The third-order valence-corrected chi connectivity index (χ3v) is 9.55. The molecule has 0 spiro atoms. The van der Waals surface area contributed by atoms with Gasteiger partial charge in [0.25, 0.3) is 0 Å². The molecule has 0 aromatic heterocycles. The van der Waals surface area contributed by atoms with Gasteiger partial charge in [-0.05, 0) is 87.7 Å². The predicted molar refractivity (Wildman–Crippen MR) is 165 cm³/mol. The van der Waals surface area contributed by atoms with Crippen molar-refractivity contribution in [2.45, 2.75) is 128 Å². The molecular formula is C33H52N4O6. The number of hydrogen-bond donors (Lipinski definition) is 4. The minimum atomic E-state index is -0.730. The fourth-order valence-electron chi connectivity index (χ4n) is 7.19. The zero-order valence-electron chi connectivity index (χ0n) is 26.1. The summed E-state index contributed by atoms with van der Waals surface area (Å²) in [6, 6.07) is 3.84. The fraction of sp³-hybridized carbons (Fsp3) is 0.727. The number of aliphatic hydroxyl groups excluding tert-OH is 1. The van der Waals surface area contributed by atoms with Gasteiger partial charge in [-0.15, -0.1) is 0 Å². The number of unbranched alkanes of at least 4 members (excludes halogenated alkanes) is 1. The smallest absolute Gasteiger partial charge is 0.303 e. The molecule has 0 bridgehead atoms. The molecule has 3 aliphatic rings. The van der Waals surface area contributed by atoms with Gasteiger partial charge in [0.05, 0.1) is 12.2 Å². The van der Waals surface area contributed by atoms with Crippen molar-refractivity contribution in [2.24, 2.45) is 28.3 Å². The van der Waals surface area contributed by atoms with Crippen molar-refractivity contribution in [3.05, 3.63) is 23.3 Å². The number of guanidine groups is 1. The van der Waals surface area contributed by atoms with Crippen molar-refractivity contribution in [1.82, 2.24) is 4.90 Å². The lowest BCUT2D eigenvalue weighted by Gasteiger charge is -2.42. The second-order valence-electron chi connectivity index (χ2n) is 13.1. The molecule has 4 rings (SSSR count). The summed E-state index contributed by atoms with van der Waals surface area (Å²) in [5.41, 5.74) is 11.8. The summed E-state index contributed by atoms with van der Waals surface area (Å²) in [6.07, 6.45) is 11.1. The van der Waals surface area contributed by atoms with Gasteiger partial charge in [-0.25, -0.2) is 0 Å². The number of phenolic OH excluding ortho intramolecular Hbond substituents is 1. The van der Waals surface area contributed by atoms with Gasteiger partial charge in [-0.3, -0.25) is 14.6 Å². The van der Waals surface area contributed by atoms with E-state index in [1.165, 1.54) is 6.92 Å². The maximum atomic E-state index is 12.9. The number of esters is 1. The Morgan fingerprint density at radius 2 is 1.95 bits per heavy atom. The molecule has 2 saturated carbocycles. The maximum Gasteiger partial charge on any atom is 0.303 e. The van der Waals surface area contributed by atoms with Crippen molar-refractivity contribution < 1.29 is 29.3 Å². The maximum absolute atomic E-state index is 12.9. The molecule has 1 amide bonds. The first kappa shape index (κ1) is 32.9. The average molecular weight is 601 g/mol. The molecule has 0 radical (unpaired) electrons. The van der Waals surface area contributed by atoms with Gasteiger partial charge < -0.3 is 36.1 Å². The van der Waals surface area contributed by atoms with E-state index >= 15 is 0 Å². The second-order valence-corrected chi connectivity index (χ2v) is 13.1. The van der Waals surface area contributed by atoms with E-state index in [9.17, 15) is 19.8 Å². The highest BCUT2D eigenvalue weighted by molar-refractivity contribution is 5.79. The Kier molecular flexibility index (Phi) is 11.6. The molecule has 1 saturated heterocycles. The topological polar surface area (TPSA) is 161 Å². The Morgan fingerprint density at radius 1 is 1.19 bits per heavy atom. The van der Waals surface area contributed by atoms with Crippen LogP contribution in [0.2, 0.25) is 0 Å². The van der Waals surface area contributed by atoms with Gasteiger partial charge in [0.2, 0.25) is 5.91 Å². The van der Waals surface area contributed by atoms with Gasteiger partial charge >= 0.3 is 5.97 Å². The zero-order valence-corrected chi connectivity index (χ0v) is 26.1. The lowest BCUT2D eigenvalue weighted by atomic mass is 9.72. The van der Waals surface area contributed by atoms with Crippen LogP contribution in [0.25, 0.3) is 0 Å². The molecule has 0 unspecified atom stereocenters. The number of benzene rings is 1. The highest BCUT2D eigenvalue weighted by Gasteiger charge is 2.42. The molecule has 10 heteroatoms. The summed E-state index contributed by atoms with van der Waals surface area (Å²) in [4.78, 5) is 30.9. The van der Waals surface area contributed by atoms with Gasteiger partial charge in [0.1, 0.15) is 5.60 Å². The number of nitrogens with two attached hydrogens (primary N) is 2. The number of ether oxygens (including phenoxy) is 2. The lowest BCUT2D eigenvalue weighted by molar-refractivity contribution is -0.168. The molecule has 2 aliphatic carbocycles. The van der Waals surface area contributed by atoms with Crippen molar-refractivity contribution in [2.75, 3.05) is 13.1 Å². The van der Waals surface area contributed by atoms with Gasteiger partial charge in [0, 0.05) is 45.0 Å². The monoisotopic (exact) mass is 600 g/mol. The number of aromatic hydroxyl groups is 1. The quantitative estimate of drug-likeness (QED) is 0.140. The van der Waals surface area contributed by atoms with Crippen LogP contribution >= 0.6 is 0 Å². The summed E-state index contributed by atoms with van der Waals surface area (Å²) in [5.74, 6) is 0.661. The molecule has 3 fully saturated rings. The number of carbonyl (C=O) groups is 2. The highest BCUT2D eigenvalue weighted by Crippen LogP contribution is 2.42. The van der Waals surface area contributed by atoms with E-state index in [1.54, 1.807) is 4.90 Å². The number of phenols is 1. The molecule has 43 heavy (non-hydrogen) atoms. The van der Waals surface area contributed by atoms with Crippen molar-refractivity contribution in [3.63, 3.8) is 0 Å². The Labute approximate surface area is 256 Å². The number of carbonyl (C=O) groups excluding carboxylic acids is 2. The minimum absolute atomic E-state index is 0.0420. The Bertz CT molecular complexity index is 1130. The van der Waals surface area contributed by atoms with Crippen LogP contribution in [0.3, 0.4) is 0 Å². The van der Waals surface area contributed by atoms with Crippen LogP contribution in [-0.4, -0.2) is 63.8 Å². The van der Waals surface area contributed by atoms with Crippen LogP contribution in [0.4, 0.5) is 0 Å². The molecule has 10 nitrogen and oxygen atoms in total. The van der Waals surface area contributed by atoms with E-state index in [4.69, 9.17) is 20.9 Å². The van der Waals surface area contributed by atoms with E-state index < -0.39 is 11.7 Å². The number of aliphatic imine (C=N–C) groups is 1. The van der Waals surface area contributed by atoms with Gasteiger partial charge in [0.15, 0.2) is 17.5 Å². The normalized spacial score (nSPS) is 26.1. The number of likely N-dealkylation sites (tertiary alicyclic amines) is 1. The first-order valence-corrected chi connectivity index (χ1v) is 16.3. The Morgan fingerprint density at radius 3 is 2.63 bits per heavy atom. The number of aliphatic hydroxyl groups is 1. The van der Waals surface area contributed by atoms with Crippen LogP contribution in [0.5, 0.6) is 11.5 Å².